The summed E-state index contributed by atoms with van der Waals surface area (Å²) in [5.41, 5.74) is 3.35. The maximum atomic E-state index is 5.29. The van der Waals surface area contributed by atoms with Crippen LogP contribution in [-0.4, -0.2) is 24.7 Å². The van der Waals surface area contributed by atoms with Crippen molar-refractivity contribution in [2.75, 3.05) is 13.7 Å². The Morgan fingerprint density at radius 3 is 2.80 bits per heavy atom. The summed E-state index contributed by atoms with van der Waals surface area (Å²) in [5, 5.41) is 6.73. The fourth-order valence-corrected chi connectivity index (χ4v) is 2.87. The Labute approximate surface area is 125 Å². The zero-order valence-electron chi connectivity index (χ0n) is 12.6. The topological polar surface area (TPSA) is 34.1 Å². The average Bonchev–Trinajstić information content (AvgIpc) is 2.87. The van der Waals surface area contributed by atoms with Crippen molar-refractivity contribution in [3.63, 3.8) is 0 Å². The Kier molecular flexibility index (Phi) is 5.15. The number of hydrogen-bond acceptors (Lipinski definition) is 4. The van der Waals surface area contributed by atoms with Gasteiger partial charge in [-0.2, -0.15) is 0 Å². The number of thiazole rings is 1. The Balaban J connectivity index is 2.06. The quantitative estimate of drug-likeness (QED) is 0.881. The SMILES string of the molecule is COc1ccc(-c2csc(CCNC(C)C)n2)cc1C. The largest absolute Gasteiger partial charge is 0.496 e. The van der Waals surface area contributed by atoms with E-state index in [1.807, 2.05) is 6.07 Å². The number of nitrogens with one attached hydrogen (secondary N) is 1. The van der Waals surface area contributed by atoms with Gasteiger partial charge in [0.05, 0.1) is 17.8 Å². The number of hydrogen-bond donors (Lipinski definition) is 1. The molecule has 1 N–H and O–H groups in total. The lowest BCUT2D eigenvalue weighted by Gasteiger charge is -2.06. The second-order valence-corrected chi connectivity index (χ2v) is 6.11. The van der Waals surface area contributed by atoms with E-state index in [2.05, 4.69) is 43.6 Å². The zero-order valence-corrected chi connectivity index (χ0v) is 13.4. The van der Waals surface area contributed by atoms with E-state index >= 15 is 0 Å². The van der Waals surface area contributed by atoms with Gasteiger partial charge in [0.25, 0.3) is 0 Å². The highest BCUT2D eigenvalue weighted by atomic mass is 32.1. The summed E-state index contributed by atoms with van der Waals surface area (Å²) in [6, 6.07) is 6.73. The number of rotatable bonds is 6. The molecular weight excluding hydrogens is 268 g/mol. The van der Waals surface area contributed by atoms with Crippen LogP contribution in [0.3, 0.4) is 0 Å². The lowest BCUT2D eigenvalue weighted by Crippen LogP contribution is -2.24. The summed E-state index contributed by atoms with van der Waals surface area (Å²) in [6.07, 6.45) is 0.984. The van der Waals surface area contributed by atoms with Gasteiger partial charge in [-0.1, -0.05) is 13.8 Å². The van der Waals surface area contributed by atoms with Gasteiger partial charge < -0.3 is 10.1 Å². The Bertz CT molecular complexity index is 563. The van der Waals surface area contributed by atoms with Crippen molar-refractivity contribution in [3.05, 3.63) is 34.2 Å². The smallest absolute Gasteiger partial charge is 0.121 e. The summed E-state index contributed by atoms with van der Waals surface area (Å²) in [6.45, 7) is 7.36. The normalized spacial score (nSPS) is 11.1. The van der Waals surface area contributed by atoms with Gasteiger partial charge in [0.15, 0.2) is 0 Å². The minimum absolute atomic E-state index is 0.527. The Morgan fingerprint density at radius 1 is 1.35 bits per heavy atom. The van der Waals surface area contributed by atoms with Gasteiger partial charge in [0.1, 0.15) is 5.75 Å². The van der Waals surface area contributed by atoms with Gasteiger partial charge >= 0.3 is 0 Å². The molecule has 0 spiro atoms. The van der Waals surface area contributed by atoms with E-state index in [1.54, 1.807) is 18.4 Å². The van der Waals surface area contributed by atoms with Gasteiger partial charge in [-0.25, -0.2) is 4.98 Å². The van der Waals surface area contributed by atoms with Gasteiger partial charge in [-0.3, -0.25) is 0 Å². The molecule has 0 amide bonds. The van der Waals surface area contributed by atoms with Crippen molar-refractivity contribution in [2.24, 2.45) is 0 Å². The Hall–Kier alpha value is -1.39. The molecule has 108 valence electrons. The molecule has 0 aliphatic carbocycles. The molecule has 0 saturated heterocycles. The molecule has 4 heteroatoms. The first-order valence-corrected chi connectivity index (χ1v) is 7.81. The van der Waals surface area contributed by atoms with E-state index in [1.165, 1.54) is 5.01 Å². The van der Waals surface area contributed by atoms with E-state index in [4.69, 9.17) is 9.72 Å². The molecule has 2 rings (SSSR count). The summed E-state index contributed by atoms with van der Waals surface area (Å²) in [4.78, 5) is 4.71. The van der Waals surface area contributed by atoms with Crippen LogP contribution < -0.4 is 10.1 Å². The maximum absolute atomic E-state index is 5.29. The van der Waals surface area contributed by atoms with E-state index in [0.717, 1.165) is 35.5 Å². The third kappa shape index (κ3) is 3.81. The van der Waals surface area contributed by atoms with Crippen molar-refractivity contribution < 1.29 is 4.74 Å². The maximum Gasteiger partial charge on any atom is 0.121 e. The summed E-state index contributed by atoms with van der Waals surface area (Å²) in [7, 11) is 1.70. The highest BCUT2D eigenvalue weighted by Crippen LogP contribution is 2.27. The van der Waals surface area contributed by atoms with Crippen LogP contribution >= 0.6 is 11.3 Å². The fraction of sp³-hybridized carbons (Fsp3) is 0.438. The lowest BCUT2D eigenvalue weighted by atomic mass is 10.1. The molecule has 20 heavy (non-hydrogen) atoms. The van der Waals surface area contributed by atoms with Crippen LogP contribution in [0.15, 0.2) is 23.6 Å². The third-order valence-electron chi connectivity index (χ3n) is 3.13. The first-order valence-electron chi connectivity index (χ1n) is 6.93. The highest BCUT2D eigenvalue weighted by molar-refractivity contribution is 7.09. The second kappa shape index (κ2) is 6.86. The molecule has 1 aromatic heterocycles. The molecule has 0 atom stereocenters. The highest BCUT2D eigenvalue weighted by Gasteiger charge is 2.07. The standard InChI is InChI=1S/C16H22N2OS/c1-11(2)17-8-7-16-18-14(10-20-16)13-5-6-15(19-4)12(3)9-13/h5-6,9-11,17H,7-8H2,1-4H3. The van der Waals surface area contributed by atoms with E-state index < -0.39 is 0 Å². The van der Waals surface area contributed by atoms with Gasteiger partial charge in [0, 0.05) is 30.0 Å². The first-order chi connectivity index (χ1) is 9.60. The Morgan fingerprint density at radius 2 is 2.15 bits per heavy atom. The lowest BCUT2D eigenvalue weighted by molar-refractivity contribution is 0.412. The summed E-state index contributed by atoms with van der Waals surface area (Å²) >= 11 is 1.73. The predicted molar refractivity (Wildman–Crippen MR) is 85.7 cm³/mol. The van der Waals surface area contributed by atoms with Crippen LogP contribution in [-0.2, 0) is 6.42 Å². The second-order valence-electron chi connectivity index (χ2n) is 5.17. The first kappa shape index (κ1) is 15.0. The molecule has 0 fully saturated rings. The molecule has 1 heterocycles. The minimum Gasteiger partial charge on any atom is -0.496 e. The van der Waals surface area contributed by atoms with Crippen molar-refractivity contribution >= 4 is 11.3 Å². The molecule has 0 radical (unpaired) electrons. The molecular formula is C16H22N2OS. The van der Waals surface area contributed by atoms with Gasteiger partial charge in [0.2, 0.25) is 0 Å². The van der Waals surface area contributed by atoms with Crippen molar-refractivity contribution in [1.82, 2.24) is 10.3 Å². The van der Waals surface area contributed by atoms with Crippen LogP contribution in [0.4, 0.5) is 0 Å². The fourth-order valence-electron chi connectivity index (χ4n) is 2.06. The van der Waals surface area contributed by atoms with Crippen LogP contribution in [0.2, 0.25) is 0 Å². The van der Waals surface area contributed by atoms with Gasteiger partial charge in [-0.15, -0.1) is 11.3 Å². The average molecular weight is 290 g/mol. The minimum atomic E-state index is 0.527. The molecule has 2 aromatic rings. The number of nitrogens with zero attached hydrogens (tertiary/aromatic N) is 1. The number of aromatic nitrogens is 1. The van der Waals surface area contributed by atoms with Gasteiger partial charge in [-0.05, 0) is 30.7 Å². The number of ether oxygens (including phenoxy) is 1. The van der Waals surface area contributed by atoms with Crippen molar-refractivity contribution in [1.29, 1.82) is 0 Å². The molecule has 1 aromatic carbocycles. The van der Waals surface area contributed by atoms with Crippen molar-refractivity contribution in [2.45, 2.75) is 33.2 Å². The van der Waals surface area contributed by atoms with Crippen LogP contribution in [0.25, 0.3) is 11.3 Å². The molecule has 0 aliphatic rings. The van der Waals surface area contributed by atoms with E-state index in [-0.39, 0.29) is 0 Å². The van der Waals surface area contributed by atoms with E-state index in [9.17, 15) is 0 Å². The van der Waals surface area contributed by atoms with Crippen LogP contribution in [0, 0.1) is 6.92 Å². The molecule has 0 bridgehead atoms. The molecule has 0 unspecified atom stereocenters. The number of aryl methyl sites for hydroxylation is 1. The molecule has 3 nitrogen and oxygen atoms in total. The number of benzene rings is 1. The number of methoxy groups -OCH3 is 1. The molecule has 0 aliphatic heterocycles. The van der Waals surface area contributed by atoms with E-state index in [0.29, 0.717) is 6.04 Å². The van der Waals surface area contributed by atoms with Crippen molar-refractivity contribution in [3.8, 4) is 17.0 Å². The van der Waals surface area contributed by atoms with Crippen LogP contribution in [0.1, 0.15) is 24.4 Å². The zero-order chi connectivity index (χ0) is 14.5. The summed E-state index contributed by atoms with van der Waals surface area (Å²) in [5.74, 6) is 0.922. The molecule has 0 saturated carbocycles. The monoisotopic (exact) mass is 290 g/mol. The predicted octanol–water partition coefficient (Wildman–Crippen LogP) is 3.67. The third-order valence-corrected chi connectivity index (χ3v) is 4.04. The summed E-state index contributed by atoms with van der Waals surface area (Å²) < 4.78 is 5.29. The van der Waals surface area contributed by atoms with Crippen LogP contribution in [0.5, 0.6) is 5.75 Å².